The lowest BCUT2D eigenvalue weighted by atomic mass is 9.91. The van der Waals surface area contributed by atoms with E-state index in [9.17, 15) is 4.79 Å². The molecule has 5 rings (SSSR count). The minimum absolute atomic E-state index is 0.186. The molecule has 0 aliphatic carbocycles. The van der Waals surface area contributed by atoms with Crippen molar-refractivity contribution in [2.45, 2.75) is 83.1 Å². The zero-order chi connectivity index (χ0) is 33.4. The number of nitrogens with one attached hydrogen (secondary N) is 2. The second-order valence-corrected chi connectivity index (χ2v) is 12.5. The molecule has 250 valence electrons. The Morgan fingerprint density at radius 3 is 2.50 bits per heavy atom. The van der Waals surface area contributed by atoms with Gasteiger partial charge in [-0.25, -0.2) is 9.97 Å². The van der Waals surface area contributed by atoms with Crippen LogP contribution in [0.4, 0.5) is 0 Å². The molecular formula is C40H48N6O2. The smallest absolute Gasteiger partial charge is 0.252 e. The van der Waals surface area contributed by atoms with Crippen LogP contribution in [0.1, 0.15) is 91.3 Å². The highest BCUT2D eigenvalue weighted by molar-refractivity contribution is 5.94. The second-order valence-electron chi connectivity index (χ2n) is 12.5. The number of unbranched alkanes of at least 4 members (excludes halogenated alkanes) is 5. The Balaban J connectivity index is 1.16. The van der Waals surface area contributed by atoms with Gasteiger partial charge in [0.25, 0.3) is 5.91 Å². The number of carbonyl (C=O) groups is 1. The molecule has 1 aliphatic heterocycles. The summed E-state index contributed by atoms with van der Waals surface area (Å²) in [6.07, 6.45) is 20.5. The largest absolute Gasteiger partial charge is 0.380 e. The Morgan fingerprint density at radius 2 is 1.73 bits per heavy atom. The summed E-state index contributed by atoms with van der Waals surface area (Å²) in [5, 5.41) is 15.4. The van der Waals surface area contributed by atoms with Crippen LogP contribution in [-0.2, 0) is 17.6 Å². The molecule has 2 aromatic heterocycles. The molecule has 0 unspecified atom stereocenters. The second kappa shape index (κ2) is 18.8. The molecule has 48 heavy (non-hydrogen) atoms. The zero-order valence-corrected chi connectivity index (χ0v) is 28.2. The summed E-state index contributed by atoms with van der Waals surface area (Å²) >= 11 is 0. The van der Waals surface area contributed by atoms with Gasteiger partial charge in [-0.3, -0.25) is 4.79 Å². The topological polar surface area (TPSA) is 102 Å². The van der Waals surface area contributed by atoms with Gasteiger partial charge in [-0.05, 0) is 79.6 Å². The average molecular weight is 645 g/mol. The van der Waals surface area contributed by atoms with Crippen LogP contribution in [-0.4, -0.2) is 58.4 Å². The minimum atomic E-state index is -0.209. The molecule has 8 nitrogen and oxygen atoms in total. The first-order chi connectivity index (χ1) is 23.7. The number of benzene rings is 2. The number of carbonyl (C=O) groups excluding carboxylic acids is 1. The summed E-state index contributed by atoms with van der Waals surface area (Å²) in [5.41, 5.74) is 6.68. The van der Waals surface area contributed by atoms with Crippen LogP contribution in [0.3, 0.4) is 0 Å². The van der Waals surface area contributed by atoms with Crippen LogP contribution in [0.25, 0.3) is 22.8 Å². The Hall–Kier alpha value is -4.45. The van der Waals surface area contributed by atoms with Crippen LogP contribution < -0.4 is 10.6 Å². The third kappa shape index (κ3) is 10.0. The van der Waals surface area contributed by atoms with Gasteiger partial charge in [-0.2, -0.15) is 0 Å². The fourth-order valence-electron chi connectivity index (χ4n) is 6.38. The van der Waals surface area contributed by atoms with Gasteiger partial charge < -0.3 is 15.4 Å². The molecule has 1 amide bonds. The summed E-state index contributed by atoms with van der Waals surface area (Å²) in [5.74, 6) is 3.21. The first-order valence-corrected chi connectivity index (χ1v) is 17.5. The van der Waals surface area contributed by atoms with Gasteiger partial charge in [0.05, 0.1) is 18.8 Å². The molecular weight excluding hydrogens is 596 g/mol. The monoisotopic (exact) mass is 644 g/mol. The van der Waals surface area contributed by atoms with Crippen molar-refractivity contribution in [1.82, 2.24) is 30.8 Å². The molecule has 3 heterocycles. The highest BCUT2D eigenvalue weighted by atomic mass is 16.5. The lowest BCUT2D eigenvalue weighted by Gasteiger charge is -2.20. The maximum Gasteiger partial charge on any atom is 0.252 e. The van der Waals surface area contributed by atoms with Crippen LogP contribution in [0.15, 0.2) is 73.1 Å². The van der Waals surface area contributed by atoms with E-state index in [2.05, 4.69) is 67.9 Å². The van der Waals surface area contributed by atoms with E-state index in [4.69, 9.17) is 11.2 Å². The first kappa shape index (κ1) is 34.9. The zero-order valence-electron chi connectivity index (χ0n) is 28.2. The summed E-state index contributed by atoms with van der Waals surface area (Å²) in [6.45, 7) is 4.78. The molecule has 2 atom stereocenters. The molecule has 1 fully saturated rings. The van der Waals surface area contributed by atoms with Crippen molar-refractivity contribution in [2.24, 2.45) is 0 Å². The van der Waals surface area contributed by atoms with Crippen molar-refractivity contribution in [3.63, 3.8) is 0 Å². The van der Waals surface area contributed by atoms with Crippen LogP contribution in [0.2, 0.25) is 0 Å². The number of nitrogens with zero attached hydrogens (tertiary/aromatic N) is 4. The SMILES string of the molecule is C#CCNC(=O)c1ccc(-c2nnc(-c3ncccn3)cc2CCCOC[C@H]2NCC[C@@H]2c2ccc(CCCCCCCC)cc2)cc1. The minimum Gasteiger partial charge on any atom is -0.380 e. The van der Waals surface area contributed by atoms with E-state index in [1.165, 1.54) is 56.1 Å². The molecule has 8 heteroatoms. The molecule has 0 saturated carbocycles. The normalized spacial score (nSPS) is 15.7. The summed E-state index contributed by atoms with van der Waals surface area (Å²) in [7, 11) is 0. The lowest BCUT2D eigenvalue weighted by Crippen LogP contribution is -2.31. The number of aromatic nitrogens is 4. The third-order valence-corrected chi connectivity index (χ3v) is 9.05. The van der Waals surface area contributed by atoms with Gasteiger partial charge in [0, 0.05) is 42.1 Å². The van der Waals surface area contributed by atoms with Crippen molar-refractivity contribution in [3.8, 4) is 35.1 Å². The van der Waals surface area contributed by atoms with Crippen molar-refractivity contribution in [3.05, 3.63) is 95.3 Å². The summed E-state index contributed by atoms with van der Waals surface area (Å²) < 4.78 is 6.26. The summed E-state index contributed by atoms with van der Waals surface area (Å²) in [6, 6.07) is 20.8. The van der Waals surface area contributed by atoms with E-state index in [1.807, 2.05) is 18.2 Å². The molecule has 1 aliphatic rings. The van der Waals surface area contributed by atoms with E-state index in [0.717, 1.165) is 42.6 Å². The quantitative estimate of drug-likeness (QED) is 0.0892. The third-order valence-electron chi connectivity index (χ3n) is 9.05. The fourth-order valence-corrected chi connectivity index (χ4v) is 6.38. The van der Waals surface area contributed by atoms with Crippen LogP contribution >= 0.6 is 0 Å². The lowest BCUT2D eigenvalue weighted by molar-refractivity contribution is 0.0958. The maximum absolute atomic E-state index is 12.3. The van der Waals surface area contributed by atoms with Gasteiger partial charge in [-0.15, -0.1) is 16.6 Å². The Bertz CT molecular complexity index is 1600. The molecule has 0 bridgehead atoms. The van der Waals surface area contributed by atoms with Gasteiger partial charge in [0.1, 0.15) is 5.69 Å². The number of amides is 1. The van der Waals surface area contributed by atoms with E-state index in [0.29, 0.717) is 42.3 Å². The molecule has 0 radical (unpaired) electrons. The molecule has 4 aromatic rings. The highest BCUT2D eigenvalue weighted by Gasteiger charge is 2.28. The van der Waals surface area contributed by atoms with Crippen molar-refractivity contribution >= 4 is 5.91 Å². The Labute approximate surface area is 285 Å². The molecule has 2 aromatic carbocycles. The van der Waals surface area contributed by atoms with E-state index in [-0.39, 0.29) is 12.5 Å². The van der Waals surface area contributed by atoms with Crippen molar-refractivity contribution in [1.29, 1.82) is 0 Å². The number of hydrogen-bond acceptors (Lipinski definition) is 7. The fraction of sp³-hybridized carbons (Fsp3) is 0.425. The number of terminal acetylenes is 1. The maximum atomic E-state index is 12.3. The van der Waals surface area contributed by atoms with Crippen molar-refractivity contribution < 1.29 is 9.53 Å². The Kier molecular flexibility index (Phi) is 13.6. The van der Waals surface area contributed by atoms with Crippen LogP contribution in [0.5, 0.6) is 0 Å². The standard InChI is InChI=1S/C40H48N6O2/c1-3-5-6-7-8-9-12-30-14-16-31(17-15-30)35-22-26-41-37(35)29-48-27-10-13-34-28-36(39-42-24-11-25-43-39)45-46-38(34)32-18-20-33(21-19-32)40(47)44-23-4-2/h2,11,14-21,24-25,28,35,37,41H,3,5-10,12-13,22-23,26-27,29H2,1H3,(H,44,47)/t35-,37-/m1/s1. The number of hydrogen-bond donors (Lipinski definition) is 2. The van der Waals surface area contributed by atoms with Gasteiger partial charge in [-0.1, -0.05) is 81.3 Å². The number of ether oxygens (including phenoxy) is 1. The first-order valence-electron chi connectivity index (χ1n) is 17.5. The van der Waals surface area contributed by atoms with Crippen LogP contribution in [0, 0.1) is 12.3 Å². The molecule has 2 N–H and O–H groups in total. The Morgan fingerprint density at radius 1 is 0.958 bits per heavy atom. The van der Waals surface area contributed by atoms with E-state index < -0.39 is 0 Å². The predicted octanol–water partition coefficient (Wildman–Crippen LogP) is 6.96. The van der Waals surface area contributed by atoms with Crippen molar-refractivity contribution in [2.75, 3.05) is 26.3 Å². The molecule has 1 saturated heterocycles. The van der Waals surface area contributed by atoms with E-state index in [1.54, 1.807) is 30.6 Å². The van der Waals surface area contributed by atoms with Gasteiger partial charge in [0.2, 0.25) is 0 Å². The molecule has 0 spiro atoms. The summed E-state index contributed by atoms with van der Waals surface area (Å²) in [4.78, 5) is 21.1. The van der Waals surface area contributed by atoms with Gasteiger partial charge >= 0.3 is 0 Å². The highest BCUT2D eigenvalue weighted by Crippen LogP contribution is 2.29. The number of rotatable bonds is 18. The van der Waals surface area contributed by atoms with Gasteiger partial charge in [0.15, 0.2) is 5.82 Å². The number of aryl methyl sites for hydroxylation is 2. The van der Waals surface area contributed by atoms with E-state index >= 15 is 0 Å². The predicted molar refractivity (Wildman–Crippen MR) is 191 cm³/mol. The average Bonchev–Trinajstić information content (AvgIpc) is 3.61.